The van der Waals surface area contributed by atoms with Crippen molar-refractivity contribution in [2.45, 2.75) is 24.3 Å². The Balaban J connectivity index is 1.47. The first kappa shape index (κ1) is 19.5. The molecule has 0 bridgehead atoms. The fraction of sp³-hybridized carbons (Fsp3) is 0.300. The third-order valence-electron chi connectivity index (χ3n) is 4.66. The van der Waals surface area contributed by atoms with Crippen LogP contribution in [-0.2, 0) is 10.0 Å². The quantitative estimate of drug-likeness (QED) is 0.613. The molecule has 0 spiro atoms. The minimum atomic E-state index is -3.83. The first-order chi connectivity index (χ1) is 14.0. The maximum atomic E-state index is 14.1. The van der Waals surface area contributed by atoms with E-state index in [0.717, 1.165) is 11.6 Å². The lowest BCUT2D eigenvalue weighted by Crippen LogP contribution is -2.31. The number of ether oxygens (including phenoxy) is 2. The summed E-state index contributed by atoms with van der Waals surface area (Å²) >= 11 is 0. The van der Waals surface area contributed by atoms with Crippen LogP contribution in [0.5, 0.6) is 11.6 Å². The predicted octanol–water partition coefficient (Wildman–Crippen LogP) is 3.01. The van der Waals surface area contributed by atoms with Gasteiger partial charge in [0.2, 0.25) is 15.9 Å². The highest BCUT2D eigenvalue weighted by Gasteiger charge is 2.34. The number of hydrogen-bond acceptors (Lipinski definition) is 6. The summed E-state index contributed by atoms with van der Waals surface area (Å²) in [6.07, 6.45) is 1.68. The molecule has 3 aromatic rings. The number of hydrogen-bond donors (Lipinski definition) is 0. The lowest BCUT2D eigenvalue weighted by atomic mass is 10.3. The molecule has 29 heavy (non-hydrogen) atoms. The van der Waals surface area contributed by atoms with Crippen molar-refractivity contribution in [3.05, 3.63) is 54.5 Å². The van der Waals surface area contributed by atoms with E-state index < -0.39 is 15.8 Å². The van der Waals surface area contributed by atoms with Crippen LogP contribution in [0.1, 0.15) is 13.3 Å². The van der Waals surface area contributed by atoms with Crippen molar-refractivity contribution >= 4 is 21.1 Å². The number of sulfonamides is 1. The minimum Gasteiger partial charge on any atom is -0.491 e. The van der Waals surface area contributed by atoms with E-state index in [2.05, 4.69) is 9.97 Å². The first-order valence-electron chi connectivity index (χ1n) is 9.28. The molecule has 0 radical (unpaired) electrons. The standard InChI is InChI=1S/C20H20FN3O4S/c1-2-27-19-8-7-15(11-16(19)21)29(25,26)24-10-9-14(13-24)28-20-12-22-17-5-3-4-6-18(17)23-20/h3-8,11-12,14H,2,9-10,13H2,1H3. The van der Waals surface area contributed by atoms with Gasteiger partial charge in [0.25, 0.3) is 0 Å². The summed E-state index contributed by atoms with van der Waals surface area (Å²) in [4.78, 5) is 8.60. The Kier molecular flexibility index (Phi) is 5.33. The van der Waals surface area contributed by atoms with Crippen molar-refractivity contribution in [1.29, 1.82) is 0 Å². The Hall–Kier alpha value is -2.78. The van der Waals surface area contributed by atoms with E-state index >= 15 is 0 Å². The fourth-order valence-electron chi connectivity index (χ4n) is 3.24. The largest absolute Gasteiger partial charge is 0.491 e. The molecular weight excluding hydrogens is 397 g/mol. The van der Waals surface area contributed by atoms with Crippen LogP contribution >= 0.6 is 0 Å². The highest BCUT2D eigenvalue weighted by Crippen LogP contribution is 2.27. The van der Waals surface area contributed by atoms with E-state index in [0.29, 0.717) is 24.4 Å². The third-order valence-corrected chi connectivity index (χ3v) is 6.52. The van der Waals surface area contributed by atoms with E-state index in [-0.39, 0.29) is 29.8 Å². The molecule has 152 valence electrons. The highest BCUT2D eigenvalue weighted by molar-refractivity contribution is 7.89. The maximum absolute atomic E-state index is 14.1. The number of rotatable bonds is 6. The van der Waals surface area contributed by atoms with E-state index in [1.165, 1.54) is 22.6 Å². The normalized spacial score (nSPS) is 17.5. The lowest BCUT2D eigenvalue weighted by molar-refractivity contribution is 0.207. The molecule has 2 aromatic carbocycles. The molecule has 0 amide bonds. The molecule has 1 aliphatic heterocycles. The predicted molar refractivity (Wildman–Crippen MR) is 105 cm³/mol. The summed E-state index contributed by atoms with van der Waals surface area (Å²) < 4.78 is 52.1. The first-order valence-corrected chi connectivity index (χ1v) is 10.7. The van der Waals surface area contributed by atoms with Gasteiger partial charge in [0, 0.05) is 6.54 Å². The molecule has 0 aliphatic carbocycles. The summed E-state index contributed by atoms with van der Waals surface area (Å²) in [6.45, 7) is 2.47. The van der Waals surface area contributed by atoms with Crippen molar-refractivity contribution in [1.82, 2.24) is 14.3 Å². The second kappa shape index (κ2) is 7.92. The Morgan fingerprint density at radius 2 is 2.00 bits per heavy atom. The zero-order chi connectivity index (χ0) is 20.4. The zero-order valence-corrected chi connectivity index (χ0v) is 16.6. The molecule has 0 N–H and O–H groups in total. The topological polar surface area (TPSA) is 81.6 Å². The van der Waals surface area contributed by atoms with Gasteiger partial charge in [-0.05, 0) is 43.7 Å². The molecule has 0 saturated carbocycles. The molecule has 4 rings (SSSR count). The number of fused-ring (bicyclic) bond motifs is 1. The Bertz CT molecular complexity index is 1140. The van der Waals surface area contributed by atoms with Gasteiger partial charge in [0.05, 0.1) is 35.3 Å². The molecular formula is C20H20FN3O4S. The van der Waals surface area contributed by atoms with Gasteiger partial charge in [-0.15, -0.1) is 0 Å². The van der Waals surface area contributed by atoms with Gasteiger partial charge in [-0.3, -0.25) is 0 Å². The lowest BCUT2D eigenvalue weighted by Gasteiger charge is -2.17. The van der Waals surface area contributed by atoms with Gasteiger partial charge in [0.1, 0.15) is 6.10 Å². The van der Waals surface area contributed by atoms with Crippen LogP contribution in [0.3, 0.4) is 0 Å². The molecule has 9 heteroatoms. The number of aromatic nitrogens is 2. The van der Waals surface area contributed by atoms with Crippen molar-refractivity contribution < 1.29 is 22.3 Å². The molecule has 1 saturated heterocycles. The summed E-state index contributed by atoms with van der Waals surface area (Å²) in [5.41, 5.74) is 1.46. The van der Waals surface area contributed by atoms with Crippen LogP contribution < -0.4 is 9.47 Å². The SMILES string of the molecule is CCOc1ccc(S(=O)(=O)N2CCC(Oc3cnc4ccccc4n3)C2)cc1F. The average Bonchev–Trinajstić information content (AvgIpc) is 3.19. The summed E-state index contributed by atoms with van der Waals surface area (Å²) in [5, 5.41) is 0. The van der Waals surface area contributed by atoms with Crippen LogP contribution in [0.25, 0.3) is 11.0 Å². The van der Waals surface area contributed by atoms with Gasteiger partial charge in [-0.1, -0.05) is 12.1 Å². The molecule has 2 heterocycles. The van der Waals surface area contributed by atoms with Gasteiger partial charge in [-0.25, -0.2) is 22.8 Å². The number of halogens is 1. The van der Waals surface area contributed by atoms with Crippen LogP contribution in [0.15, 0.2) is 53.6 Å². The maximum Gasteiger partial charge on any atom is 0.243 e. The van der Waals surface area contributed by atoms with Crippen LogP contribution in [0, 0.1) is 5.82 Å². The van der Waals surface area contributed by atoms with E-state index in [1.54, 1.807) is 6.92 Å². The second-order valence-corrected chi connectivity index (χ2v) is 8.55. The molecule has 1 atom stereocenters. The van der Waals surface area contributed by atoms with E-state index in [1.807, 2.05) is 24.3 Å². The van der Waals surface area contributed by atoms with Crippen molar-refractivity contribution in [3.8, 4) is 11.6 Å². The van der Waals surface area contributed by atoms with Gasteiger partial charge >= 0.3 is 0 Å². The summed E-state index contributed by atoms with van der Waals surface area (Å²) in [5.74, 6) is -0.324. The smallest absolute Gasteiger partial charge is 0.243 e. The average molecular weight is 417 g/mol. The minimum absolute atomic E-state index is 0.0314. The molecule has 1 aliphatic rings. The second-order valence-electron chi connectivity index (χ2n) is 6.61. The molecule has 1 fully saturated rings. The highest BCUT2D eigenvalue weighted by atomic mass is 32.2. The van der Waals surface area contributed by atoms with E-state index in [4.69, 9.17) is 9.47 Å². The van der Waals surface area contributed by atoms with Crippen LogP contribution in [-0.4, -0.2) is 48.5 Å². The number of para-hydroxylation sites is 2. The van der Waals surface area contributed by atoms with E-state index in [9.17, 15) is 12.8 Å². The fourth-order valence-corrected chi connectivity index (χ4v) is 4.74. The Morgan fingerprint density at radius 1 is 1.21 bits per heavy atom. The molecule has 7 nitrogen and oxygen atoms in total. The molecule has 1 aromatic heterocycles. The van der Waals surface area contributed by atoms with Gasteiger partial charge in [-0.2, -0.15) is 4.31 Å². The number of benzene rings is 2. The van der Waals surface area contributed by atoms with Crippen molar-refractivity contribution in [3.63, 3.8) is 0 Å². The van der Waals surface area contributed by atoms with Crippen molar-refractivity contribution in [2.24, 2.45) is 0 Å². The van der Waals surface area contributed by atoms with Crippen molar-refractivity contribution in [2.75, 3.05) is 19.7 Å². The van der Waals surface area contributed by atoms with Crippen LogP contribution in [0.2, 0.25) is 0 Å². The Labute approximate surface area is 168 Å². The molecule has 1 unspecified atom stereocenters. The van der Waals surface area contributed by atoms with Gasteiger partial charge < -0.3 is 9.47 Å². The Morgan fingerprint density at radius 3 is 2.76 bits per heavy atom. The third kappa shape index (κ3) is 4.01. The zero-order valence-electron chi connectivity index (χ0n) is 15.8. The van der Waals surface area contributed by atoms with Gasteiger partial charge in [0.15, 0.2) is 11.6 Å². The monoisotopic (exact) mass is 417 g/mol. The summed E-state index contributed by atoms with van der Waals surface area (Å²) in [6, 6.07) is 11.1. The number of nitrogens with zero attached hydrogens (tertiary/aromatic N) is 3. The summed E-state index contributed by atoms with van der Waals surface area (Å²) in [7, 11) is -3.83. The van der Waals surface area contributed by atoms with Crippen LogP contribution in [0.4, 0.5) is 4.39 Å².